The van der Waals surface area contributed by atoms with E-state index in [0.29, 0.717) is 18.0 Å². The molecule has 1 aliphatic heterocycles. The summed E-state index contributed by atoms with van der Waals surface area (Å²) in [4.78, 5) is 8.53. The number of hydrogen-bond acceptors (Lipinski definition) is 5. The first-order valence-electron chi connectivity index (χ1n) is 8.20. The predicted molar refractivity (Wildman–Crippen MR) is 100 cm³/mol. The monoisotopic (exact) mass is 415 g/mol. The van der Waals surface area contributed by atoms with Gasteiger partial charge in [-0.2, -0.15) is 4.31 Å². The topological polar surface area (TPSA) is 72.4 Å². The van der Waals surface area contributed by atoms with Crippen molar-refractivity contribution in [2.45, 2.75) is 37.7 Å². The number of rotatable bonds is 4. The molecule has 0 aliphatic carbocycles. The van der Waals surface area contributed by atoms with Crippen molar-refractivity contribution >= 4 is 33.2 Å². The summed E-state index contributed by atoms with van der Waals surface area (Å²) in [5.41, 5.74) is 1.61. The van der Waals surface area contributed by atoms with Gasteiger partial charge in [0.05, 0.1) is 11.6 Å². The van der Waals surface area contributed by atoms with Crippen LogP contribution in [0.2, 0.25) is 10.0 Å². The van der Waals surface area contributed by atoms with Gasteiger partial charge in [0.1, 0.15) is 11.0 Å². The van der Waals surface area contributed by atoms with Crippen LogP contribution in [-0.4, -0.2) is 41.9 Å². The molecule has 2 aromatic rings. The lowest BCUT2D eigenvalue weighted by atomic mass is 10.1. The Morgan fingerprint density at radius 1 is 1.15 bits per heavy atom. The predicted octanol–water partition coefficient (Wildman–Crippen LogP) is 3.63. The number of aromatic nitrogens is 2. The summed E-state index contributed by atoms with van der Waals surface area (Å²) in [7, 11) is -3.76. The molecule has 140 valence electrons. The van der Waals surface area contributed by atoms with Crippen molar-refractivity contribution in [1.29, 1.82) is 0 Å². The second kappa shape index (κ2) is 7.68. The van der Waals surface area contributed by atoms with Gasteiger partial charge in [-0.3, -0.25) is 0 Å². The molecule has 3 rings (SSSR count). The van der Waals surface area contributed by atoms with E-state index < -0.39 is 10.0 Å². The lowest BCUT2D eigenvalue weighted by molar-refractivity contribution is 0.119. The summed E-state index contributed by atoms with van der Waals surface area (Å²) in [6.07, 6.45) is 1.08. The third-order valence-corrected chi connectivity index (χ3v) is 6.67. The first kappa shape index (κ1) is 19.4. The largest absolute Gasteiger partial charge is 0.459 e. The minimum atomic E-state index is -3.76. The Morgan fingerprint density at radius 3 is 2.54 bits per heavy atom. The number of ether oxygens (including phenoxy) is 1. The van der Waals surface area contributed by atoms with Crippen molar-refractivity contribution in [3.8, 4) is 6.01 Å². The van der Waals surface area contributed by atoms with E-state index in [2.05, 4.69) is 9.97 Å². The number of piperidine rings is 1. The SMILES string of the molecule is Cc1cc(C)nc(OC2CCCN(S(=O)(=O)c3cc(Cl)ccc3Cl)C2)n1. The molecule has 1 aromatic heterocycles. The van der Waals surface area contributed by atoms with Gasteiger partial charge in [-0.25, -0.2) is 18.4 Å². The molecule has 1 aliphatic rings. The molecular weight excluding hydrogens is 397 g/mol. The van der Waals surface area contributed by atoms with Gasteiger partial charge < -0.3 is 4.74 Å². The molecule has 0 bridgehead atoms. The molecule has 0 spiro atoms. The molecule has 1 unspecified atom stereocenters. The van der Waals surface area contributed by atoms with Gasteiger partial charge in [0.15, 0.2) is 0 Å². The summed E-state index contributed by atoms with van der Waals surface area (Å²) in [5, 5.41) is 0.469. The van der Waals surface area contributed by atoms with Gasteiger partial charge >= 0.3 is 6.01 Å². The standard InChI is InChI=1S/C17H19Cl2N3O3S/c1-11-8-12(2)21-17(20-11)25-14-4-3-7-22(10-14)26(23,24)16-9-13(18)5-6-15(16)19/h5-6,8-9,14H,3-4,7,10H2,1-2H3. The summed E-state index contributed by atoms with van der Waals surface area (Å²) >= 11 is 12.0. The maximum atomic E-state index is 13.0. The molecule has 1 atom stereocenters. The lowest BCUT2D eigenvalue weighted by Crippen LogP contribution is -2.44. The van der Waals surface area contributed by atoms with Crippen LogP contribution in [0.3, 0.4) is 0 Å². The third kappa shape index (κ3) is 4.28. The van der Waals surface area contributed by atoms with Crippen molar-refractivity contribution in [2.24, 2.45) is 0 Å². The summed E-state index contributed by atoms with van der Waals surface area (Å²) in [5.74, 6) is 0. The van der Waals surface area contributed by atoms with Crippen LogP contribution >= 0.6 is 23.2 Å². The molecule has 0 radical (unpaired) electrons. The van der Waals surface area contributed by atoms with Crippen molar-refractivity contribution in [1.82, 2.24) is 14.3 Å². The van der Waals surface area contributed by atoms with E-state index in [1.165, 1.54) is 16.4 Å². The van der Waals surface area contributed by atoms with Crippen LogP contribution in [0.15, 0.2) is 29.2 Å². The molecule has 26 heavy (non-hydrogen) atoms. The van der Waals surface area contributed by atoms with Crippen LogP contribution in [0.1, 0.15) is 24.2 Å². The highest BCUT2D eigenvalue weighted by molar-refractivity contribution is 7.89. The maximum Gasteiger partial charge on any atom is 0.317 e. The minimum Gasteiger partial charge on any atom is -0.459 e. The van der Waals surface area contributed by atoms with Gasteiger partial charge in [0.2, 0.25) is 10.0 Å². The number of nitrogens with zero attached hydrogens (tertiary/aromatic N) is 3. The third-order valence-electron chi connectivity index (χ3n) is 4.09. The molecular formula is C17H19Cl2N3O3S. The fourth-order valence-corrected chi connectivity index (χ4v) is 5.18. The first-order chi connectivity index (χ1) is 12.3. The van der Waals surface area contributed by atoms with Crippen LogP contribution in [-0.2, 0) is 10.0 Å². The van der Waals surface area contributed by atoms with Gasteiger partial charge in [-0.1, -0.05) is 23.2 Å². The molecule has 6 nitrogen and oxygen atoms in total. The van der Waals surface area contributed by atoms with E-state index in [9.17, 15) is 8.42 Å². The number of sulfonamides is 1. The number of aryl methyl sites for hydroxylation is 2. The van der Waals surface area contributed by atoms with E-state index in [0.717, 1.165) is 17.8 Å². The van der Waals surface area contributed by atoms with E-state index in [1.54, 1.807) is 6.07 Å². The molecule has 2 heterocycles. The van der Waals surface area contributed by atoms with Gasteiger partial charge in [-0.05, 0) is 51.0 Å². The molecule has 0 N–H and O–H groups in total. The van der Waals surface area contributed by atoms with Gasteiger partial charge in [0.25, 0.3) is 0 Å². The Kier molecular flexibility index (Phi) is 5.72. The van der Waals surface area contributed by atoms with E-state index in [-0.39, 0.29) is 28.6 Å². The summed E-state index contributed by atoms with van der Waals surface area (Å²) in [6.45, 7) is 4.33. The van der Waals surface area contributed by atoms with Crippen molar-refractivity contribution < 1.29 is 13.2 Å². The van der Waals surface area contributed by atoms with E-state index in [1.807, 2.05) is 19.9 Å². The van der Waals surface area contributed by atoms with Crippen LogP contribution in [0.25, 0.3) is 0 Å². The molecule has 0 amide bonds. The minimum absolute atomic E-state index is 0.00923. The zero-order valence-electron chi connectivity index (χ0n) is 14.4. The molecule has 1 aromatic carbocycles. The smallest absolute Gasteiger partial charge is 0.317 e. The summed E-state index contributed by atoms with van der Waals surface area (Å²) < 4.78 is 33.1. The lowest BCUT2D eigenvalue weighted by Gasteiger charge is -2.31. The van der Waals surface area contributed by atoms with Gasteiger partial charge in [0, 0.05) is 23.0 Å². The zero-order chi connectivity index (χ0) is 18.9. The Balaban J connectivity index is 1.80. The highest BCUT2D eigenvalue weighted by Gasteiger charge is 2.33. The Labute approximate surface area is 163 Å². The van der Waals surface area contributed by atoms with Gasteiger partial charge in [-0.15, -0.1) is 0 Å². The van der Waals surface area contributed by atoms with E-state index in [4.69, 9.17) is 27.9 Å². The van der Waals surface area contributed by atoms with Crippen LogP contribution in [0.5, 0.6) is 6.01 Å². The number of hydrogen-bond donors (Lipinski definition) is 0. The number of halogens is 2. The Hall–Kier alpha value is -1.41. The fourth-order valence-electron chi connectivity index (χ4n) is 2.93. The highest BCUT2D eigenvalue weighted by atomic mass is 35.5. The van der Waals surface area contributed by atoms with Crippen molar-refractivity contribution in [2.75, 3.05) is 13.1 Å². The second-order valence-corrected chi connectivity index (χ2v) is 9.00. The molecule has 1 saturated heterocycles. The average Bonchev–Trinajstić information content (AvgIpc) is 2.56. The molecule has 0 saturated carbocycles. The summed E-state index contributed by atoms with van der Waals surface area (Å²) in [6, 6.07) is 6.54. The van der Waals surface area contributed by atoms with Crippen LogP contribution < -0.4 is 4.74 Å². The zero-order valence-corrected chi connectivity index (χ0v) is 16.8. The number of benzene rings is 1. The van der Waals surface area contributed by atoms with E-state index >= 15 is 0 Å². The highest BCUT2D eigenvalue weighted by Crippen LogP contribution is 2.29. The Morgan fingerprint density at radius 2 is 1.85 bits per heavy atom. The van der Waals surface area contributed by atoms with Crippen LogP contribution in [0, 0.1) is 13.8 Å². The maximum absolute atomic E-state index is 13.0. The Bertz CT molecular complexity index is 901. The second-order valence-electron chi connectivity index (χ2n) is 6.25. The quantitative estimate of drug-likeness (QED) is 0.761. The van der Waals surface area contributed by atoms with Crippen LogP contribution in [0.4, 0.5) is 0 Å². The average molecular weight is 416 g/mol. The fraction of sp³-hybridized carbons (Fsp3) is 0.412. The molecule has 1 fully saturated rings. The normalized spacial score (nSPS) is 18.7. The first-order valence-corrected chi connectivity index (χ1v) is 10.4. The molecule has 9 heteroatoms. The van der Waals surface area contributed by atoms with Crippen molar-refractivity contribution in [3.05, 3.63) is 45.7 Å². The van der Waals surface area contributed by atoms with Crippen molar-refractivity contribution in [3.63, 3.8) is 0 Å².